The summed E-state index contributed by atoms with van der Waals surface area (Å²) in [6.45, 7) is 1.50. The van der Waals surface area contributed by atoms with E-state index >= 15 is 0 Å². The van der Waals surface area contributed by atoms with Crippen molar-refractivity contribution in [2.24, 2.45) is 7.05 Å². The van der Waals surface area contributed by atoms with Crippen LogP contribution in [0.2, 0.25) is 0 Å². The molecule has 0 aliphatic carbocycles. The summed E-state index contributed by atoms with van der Waals surface area (Å²) in [6.07, 6.45) is -4.50. The van der Waals surface area contributed by atoms with Gasteiger partial charge in [-0.2, -0.15) is 17.5 Å². The number of benzene rings is 1. The van der Waals surface area contributed by atoms with Crippen molar-refractivity contribution in [3.63, 3.8) is 0 Å². The first-order valence-corrected chi connectivity index (χ1v) is 9.86. The van der Waals surface area contributed by atoms with Gasteiger partial charge in [-0.1, -0.05) is 0 Å². The predicted octanol–water partition coefficient (Wildman–Crippen LogP) is 2.07. The van der Waals surface area contributed by atoms with E-state index in [9.17, 15) is 30.8 Å². The summed E-state index contributed by atoms with van der Waals surface area (Å²) >= 11 is 0. The molecule has 0 radical (unpaired) electrons. The molecule has 1 aromatic carbocycles. The fourth-order valence-corrected chi connectivity index (χ4v) is 4.98. The monoisotopic (exact) mass is 422 g/mol. The van der Waals surface area contributed by atoms with E-state index in [-0.39, 0.29) is 36.4 Å². The van der Waals surface area contributed by atoms with Gasteiger partial charge in [-0.3, -0.25) is 4.57 Å². The number of sulfonamides is 1. The van der Waals surface area contributed by atoms with E-state index in [0.717, 1.165) is 23.9 Å². The molecule has 1 aromatic heterocycles. The summed E-state index contributed by atoms with van der Waals surface area (Å²) in [6, 6.07) is 2.71. The average molecular weight is 422 g/mol. The fraction of sp³-hybridized carbons (Fsp3) is 0.500. The molecule has 2 heterocycles. The summed E-state index contributed by atoms with van der Waals surface area (Å²) in [5, 5.41) is 3.41. The molecule has 2 aromatic rings. The molecule has 0 unspecified atom stereocenters. The van der Waals surface area contributed by atoms with Gasteiger partial charge >= 0.3 is 11.9 Å². The molecule has 0 atom stereocenters. The van der Waals surface area contributed by atoms with Crippen LogP contribution in [0, 0.1) is 12.7 Å². The van der Waals surface area contributed by atoms with Crippen molar-refractivity contribution in [2.45, 2.75) is 36.9 Å². The highest BCUT2D eigenvalue weighted by Gasteiger charge is 2.39. The van der Waals surface area contributed by atoms with E-state index < -0.39 is 39.6 Å². The van der Waals surface area contributed by atoms with Gasteiger partial charge in [0.05, 0.1) is 10.9 Å². The molecule has 28 heavy (non-hydrogen) atoms. The van der Waals surface area contributed by atoms with Crippen LogP contribution in [-0.4, -0.2) is 40.2 Å². The zero-order valence-electron chi connectivity index (χ0n) is 15.1. The minimum atomic E-state index is -4.76. The van der Waals surface area contributed by atoms with E-state index in [1.807, 2.05) is 0 Å². The molecule has 154 valence electrons. The zero-order chi connectivity index (χ0) is 20.9. The smallest absolute Gasteiger partial charge is 0.274 e. The number of alkyl halides is 3. The van der Waals surface area contributed by atoms with Crippen LogP contribution in [0.25, 0.3) is 0 Å². The first-order valence-electron chi connectivity index (χ1n) is 8.42. The van der Waals surface area contributed by atoms with Gasteiger partial charge in [-0.15, -0.1) is 5.10 Å². The molecule has 12 heteroatoms. The summed E-state index contributed by atoms with van der Waals surface area (Å²) in [5.74, 6) is -1.85. The highest BCUT2D eigenvalue weighted by molar-refractivity contribution is 7.89. The van der Waals surface area contributed by atoms with Crippen molar-refractivity contribution < 1.29 is 26.0 Å². The van der Waals surface area contributed by atoms with Gasteiger partial charge in [0, 0.05) is 20.1 Å². The van der Waals surface area contributed by atoms with Crippen molar-refractivity contribution in [3.05, 3.63) is 45.9 Å². The van der Waals surface area contributed by atoms with Gasteiger partial charge in [0.2, 0.25) is 15.8 Å². The third-order valence-electron chi connectivity index (χ3n) is 4.78. The maximum Gasteiger partial charge on any atom is 0.451 e. The van der Waals surface area contributed by atoms with Crippen LogP contribution in [0.3, 0.4) is 0 Å². The standard InChI is InChI=1S/C16H18F4N4O3S/c1-10-9-11(17)3-4-13(10)28(26,27)23-7-5-12(6-8-23)24-15(25)22(2)14(21-24)16(18,19)20/h3-4,9,12H,5-8H2,1-2H3. The predicted molar refractivity (Wildman–Crippen MR) is 90.6 cm³/mol. The minimum absolute atomic E-state index is 0.00812. The van der Waals surface area contributed by atoms with E-state index in [1.165, 1.54) is 17.3 Å². The Hall–Kier alpha value is -2.21. The quantitative estimate of drug-likeness (QED) is 0.710. The molecule has 1 saturated heterocycles. The number of hydrogen-bond acceptors (Lipinski definition) is 4. The Morgan fingerprint density at radius 2 is 1.79 bits per heavy atom. The minimum Gasteiger partial charge on any atom is -0.274 e. The Morgan fingerprint density at radius 3 is 2.29 bits per heavy atom. The Balaban J connectivity index is 1.81. The lowest BCUT2D eigenvalue weighted by Gasteiger charge is -2.31. The lowest BCUT2D eigenvalue weighted by Crippen LogP contribution is -2.41. The van der Waals surface area contributed by atoms with Crippen LogP contribution < -0.4 is 5.69 Å². The maximum absolute atomic E-state index is 13.2. The fourth-order valence-electron chi connectivity index (χ4n) is 3.31. The lowest BCUT2D eigenvalue weighted by atomic mass is 10.1. The van der Waals surface area contributed by atoms with Crippen LogP contribution in [0.1, 0.15) is 30.3 Å². The van der Waals surface area contributed by atoms with Gasteiger partial charge in [-0.25, -0.2) is 22.3 Å². The first-order chi connectivity index (χ1) is 12.9. The first kappa shape index (κ1) is 20.5. The third-order valence-corrected chi connectivity index (χ3v) is 6.84. The van der Waals surface area contributed by atoms with Crippen molar-refractivity contribution in [3.8, 4) is 0 Å². The summed E-state index contributed by atoms with van der Waals surface area (Å²) in [7, 11) is -2.89. The van der Waals surface area contributed by atoms with Crippen LogP contribution in [-0.2, 0) is 23.2 Å². The number of aromatic nitrogens is 3. The Morgan fingerprint density at radius 1 is 1.18 bits per heavy atom. The summed E-state index contributed by atoms with van der Waals surface area (Å²) in [5.41, 5.74) is -0.638. The van der Waals surface area contributed by atoms with Gasteiger partial charge in [0.1, 0.15) is 5.82 Å². The van der Waals surface area contributed by atoms with Crippen LogP contribution in [0.4, 0.5) is 17.6 Å². The second kappa shape index (κ2) is 6.99. The van der Waals surface area contributed by atoms with Crippen molar-refractivity contribution in [2.75, 3.05) is 13.1 Å². The highest BCUT2D eigenvalue weighted by Crippen LogP contribution is 2.30. The molecule has 1 aliphatic heterocycles. The second-order valence-electron chi connectivity index (χ2n) is 6.65. The Labute approximate surface area is 158 Å². The Kier molecular flexibility index (Phi) is 5.13. The molecule has 0 bridgehead atoms. The number of hydrogen-bond donors (Lipinski definition) is 0. The van der Waals surface area contributed by atoms with E-state index in [0.29, 0.717) is 4.57 Å². The topological polar surface area (TPSA) is 77.2 Å². The average Bonchev–Trinajstić information content (AvgIpc) is 2.90. The van der Waals surface area contributed by atoms with Crippen LogP contribution >= 0.6 is 0 Å². The number of piperidine rings is 1. The van der Waals surface area contributed by atoms with E-state index in [2.05, 4.69) is 5.10 Å². The second-order valence-corrected chi connectivity index (χ2v) is 8.56. The van der Waals surface area contributed by atoms with Crippen molar-refractivity contribution >= 4 is 10.0 Å². The molecule has 1 aliphatic rings. The molecule has 0 N–H and O–H groups in total. The summed E-state index contributed by atoms with van der Waals surface area (Å²) in [4.78, 5) is 12.1. The largest absolute Gasteiger partial charge is 0.451 e. The number of rotatable bonds is 3. The Bertz CT molecular complexity index is 1050. The van der Waals surface area contributed by atoms with Crippen molar-refractivity contribution in [1.82, 2.24) is 18.7 Å². The number of aryl methyl sites for hydroxylation is 1. The summed E-state index contributed by atoms with van der Waals surface area (Å²) < 4.78 is 80.0. The molecule has 0 saturated carbocycles. The van der Waals surface area contributed by atoms with Crippen LogP contribution in [0.5, 0.6) is 0 Å². The third kappa shape index (κ3) is 3.58. The normalized spacial score (nSPS) is 17.2. The molecule has 7 nitrogen and oxygen atoms in total. The van der Waals surface area contributed by atoms with Gasteiger partial charge < -0.3 is 0 Å². The lowest BCUT2D eigenvalue weighted by molar-refractivity contribution is -0.147. The van der Waals surface area contributed by atoms with E-state index in [4.69, 9.17) is 0 Å². The van der Waals surface area contributed by atoms with Gasteiger partial charge in [0.25, 0.3) is 0 Å². The van der Waals surface area contributed by atoms with Gasteiger partial charge in [-0.05, 0) is 43.5 Å². The molecule has 0 amide bonds. The number of halogens is 4. The highest BCUT2D eigenvalue weighted by atomic mass is 32.2. The molecule has 0 spiro atoms. The molecular weight excluding hydrogens is 404 g/mol. The van der Waals surface area contributed by atoms with Crippen LogP contribution in [0.15, 0.2) is 27.9 Å². The molecule has 3 rings (SSSR count). The SMILES string of the molecule is Cc1cc(F)ccc1S(=O)(=O)N1CCC(n2nc(C(F)(F)F)n(C)c2=O)CC1. The molecular formula is C16H18F4N4O3S. The van der Waals surface area contributed by atoms with Crippen molar-refractivity contribution in [1.29, 1.82) is 0 Å². The molecule has 1 fully saturated rings. The zero-order valence-corrected chi connectivity index (χ0v) is 15.9. The number of nitrogens with zero attached hydrogens (tertiary/aromatic N) is 4. The maximum atomic E-state index is 13.2. The van der Waals surface area contributed by atoms with E-state index in [1.54, 1.807) is 0 Å². The van der Waals surface area contributed by atoms with Gasteiger partial charge in [0.15, 0.2) is 0 Å².